The maximum atomic E-state index is 12.6. The topological polar surface area (TPSA) is 75.6 Å². The molecule has 0 bridgehead atoms. The summed E-state index contributed by atoms with van der Waals surface area (Å²) in [5.74, 6) is -0.306. The number of ether oxygens (including phenoxy) is 1. The minimum atomic E-state index is -0.539. The SMILES string of the molecule is COc1nnc(N2C(=O)[C@@H](C)N(Cc3ccccc3)C2=O)s1. The van der Waals surface area contributed by atoms with Gasteiger partial charge in [-0.3, -0.25) is 4.79 Å². The first-order chi connectivity index (χ1) is 10.6. The minimum Gasteiger partial charge on any atom is -0.472 e. The molecule has 1 saturated heterocycles. The lowest BCUT2D eigenvalue weighted by atomic mass is 10.2. The molecule has 0 spiro atoms. The van der Waals surface area contributed by atoms with Gasteiger partial charge in [0.2, 0.25) is 5.13 Å². The summed E-state index contributed by atoms with van der Waals surface area (Å²) >= 11 is 1.06. The average molecular weight is 318 g/mol. The number of rotatable bonds is 4. The van der Waals surface area contributed by atoms with Crippen molar-refractivity contribution in [2.24, 2.45) is 0 Å². The number of methoxy groups -OCH3 is 1. The Bertz CT molecular complexity index is 703. The van der Waals surface area contributed by atoms with Crippen LogP contribution in [0.25, 0.3) is 0 Å². The summed E-state index contributed by atoms with van der Waals surface area (Å²) in [5.41, 5.74) is 0.965. The fraction of sp³-hybridized carbons (Fsp3) is 0.286. The number of carbonyl (C=O) groups excluding carboxylic acids is 2. The first-order valence-corrected chi connectivity index (χ1v) is 7.49. The van der Waals surface area contributed by atoms with Crippen molar-refractivity contribution < 1.29 is 14.3 Å². The van der Waals surface area contributed by atoms with Crippen LogP contribution in [0.5, 0.6) is 5.19 Å². The summed E-state index contributed by atoms with van der Waals surface area (Å²) in [6.07, 6.45) is 0. The summed E-state index contributed by atoms with van der Waals surface area (Å²) in [6, 6.07) is 8.61. The highest BCUT2D eigenvalue weighted by Gasteiger charge is 2.44. The highest BCUT2D eigenvalue weighted by Crippen LogP contribution is 2.31. The maximum absolute atomic E-state index is 12.6. The molecule has 0 unspecified atom stereocenters. The average Bonchev–Trinajstić information content (AvgIpc) is 3.08. The van der Waals surface area contributed by atoms with Crippen LogP contribution in [-0.2, 0) is 11.3 Å². The number of imide groups is 1. The predicted molar refractivity (Wildman–Crippen MR) is 80.8 cm³/mol. The van der Waals surface area contributed by atoms with Gasteiger partial charge in [0, 0.05) is 6.54 Å². The largest absolute Gasteiger partial charge is 0.472 e. The molecular weight excluding hydrogens is 304 g/mol. The van der Waals surface area contributed by atoms with E-state index in [0.29, 0.717) is 11.7 Å². The number of benzene rings is 1. The maximum Gasteiger partial charge on any atom is 0.334 e. The second-order valence-corrected chi connectivity index (χ2v) is 5.72. The number of hydrogen-bond donors (Lipinski definition) is 0. The smallest absolute Gasteiger partial charge is 0.334 e. The molecule has 1 fully saturated rings. The van der Waals surface area contributed by atoms with Crippen molar-refractivity contribution >= 4 is 28.4 Å². The van der Waals surface area contributed by atoms with Crippen LogP contribution in [0.3, 0.4) is 0 Å². The zero-order valence-corrected chi connectivity index (χ0v) is 12.9. The van der Waals surface area contributed by atoms with Gasteiger partial charge in [0.1, 0.15) is 6.04 Å². The lowest BCUT2D eigenvalue weighted by Crippen LogP contribution is -2.33. The first kappa shape index (κ1) is 14.5. The summed E-state index contributed by atoms with van der Waals surface area (Å²) in [5, 5.41) is 8.15. The quantitative estimate of drug-likeness (QED) is 0.805. The Morgan fingerprint density at radius 1 is 1.23 bits per heavy atom. The molecule has 7 nitrogen and oxygen atoms in total. The van der Waals surface area contributed by atoms with Gasteiger partial charge in [-0.1, -0.05) is 35.4 Å². The number of aromatic nitrogens is 2. The van der Waals surface area contributed by atoms with E-state index in [4.69, 9.17) is 4.74 Å². The highest BCUT2D eigenvalue weighted by molar-refractivity contribution is 7.17. The van der Waals surface area contributed by atoms with E-state index in [1.165, 1.54) is 12.0 Å². The molecule has 1 atom stereocenters. The number of urea groups is 1. The van der Waals surface area contributed by atoms with Crippen molar-refractivity contribution in [2.75, 3.05) is 12.0 Å². The van der Waals surface area contributed by atoms with Crippen LogP contribution in [0.2, 0.25) is 0 Å². The highest BCUT2D eigenvalue weighted by atomic mass is 32.1. The van der Waals surface area contributed by atoms with Gasteiger partial charge in [-0.25, -0.2) is 9.69 Å². The van der Waals surface area contributed by atoms with Crippen LogP contribution in [0.1, 0.15) is 12.5 Å². The minimum absolute atomic E-state index is 0.231. The summed E-state index contributed by atoms with van der Waals surface area (Å²) in [6.45, 7) is 2.08. The van der Waals surface area contributed by atoms with E-state index in [0.717, 1.165) is 21.8 Å². The molecule has 3 rings (SSSR count). The van der Waals surface area contributed by atoms with E-state index in [9.17, 15) is 9.59 Å². The van der Waals surface area contributed by atoms with Crippen LogP contribution in [0.15, 0.2) is 30.3 Å². The Morgan fingerprint density at radius 2 is 1.95 bits per heavy atom. The molecule has 2 aromatic rings. The van der Waals surface area contributed by atoms with Gasteiger partial charge >= 0.3 is 6.03 Å². The zero-order chi connectivity index (χ0) is 15.7. The molecule has 1 aromatic heterocycles. The summed E-state index contributed by atoms with van der Waals surface area (Å²) < 4.78 is 4.96. The number of carbonyl (C=O) groups is 2. The van der Waals surface area contributed by atoms with E-state index < -0.39 is 6.04 Å². The van der Waals surface area contributed by atoms with Gasteiger partial charge in [0.05, 0.1) is 7.11 Å². The van der Waals surface area contributed by atoms with Crippen molar-refractivity contribution in [1.29, 1.82) is 0 Å². The molecule has 0 aliphatic carbocycles. The second kappa shape index (κ2) is 5.72. The van der Waals surface area contributed by atoms with Crippen molar-refractivity contribution in [3.63, 3.8) is 0 Å². The van der Waals surface area contributed by atoms with E-state index in [1.54, 1.807) is 6.92 Å². The third-order valence-electron chi connectivity index (χ3n) is 3.44. The molecular formula is C14H14N4O3S. The lowest BCUT2D eigenvalue weighted by Gasteiger charge is -2.18. The lowest BCUT2D eigenvalue weighted by molar-refractivity contribution is -0.119. The van der Waals surface area contributed by atoms with E-state index in [2.05, 4.69) is 10.2 Å². The molecule has 114 valence electrons. The Hall–Kier alpha value is -2.48. The van der Waals surface area contributed by atoms with Gasteiger partial charge in [0.25, 0.3) is 11.1 Å². The summed E-state index contributed by atoms with van der Waals surface area (Å²) in [7, 11) is 1.46. The Balaban J connectivity index is 1.85. The fourth-order valence-electron chi connectivity index (χ4n) is 2.24. The molecule has 0 saturated carbocycles. The number of amides is 3. The van der Waals surface area contributed by atoms with Crippen LogP contribution in [-0.4, -0.2) is 40.2 Å². The van der Waals surface area contributed by atoms with Crippen LogP contribution in [0, 0.1) is 0 Å². The molecule has 1 aliphatic rings. The molecule has 0 N–H and O–H groups in total. The third kappa shape index (κ3) is 2.41. The van der Waals surface area contributed by atoms with E-state index in [1.807, 2.05) is 30.3 Å². The Morgan fingerprint density at radius 3 is 2.59 bits per heavy atom. The molecule has 22 heavy (non-hydrogen) atoms. The van der Waals surface area contributed by atoms with Crippen LogP contribution in [0.4, 0.5) is 9.93 Å². The van der Waals surface area contributed by atoms with Crippen LogP contribution >= 0.6 is 11.3 Å². The Kier molecular flexibility index (Phi) is 3.76. The Labute approximate surface area is 131 Å². The van der Waals surface area contributed by atoms with Gasteiger partial charge in [-0.05, 0) is 23.8 Å². The van der Waals surface area contributed by atoms with Gasteiger partial charge < -0.3 is 9.64 Å². The number of nitrogens with zero attached hydrogens (tertiary/aromatic N) is 4. The molecule has 3 amide bonds. The van der Waals surface area contributed by atoms with E-state index in [-0.39, 0.29) is 17.1 Å². The molecule has 8 heteroatoms. The summed E-state index contributed by atoms with van der Waals surface area (Å²) in [4.78, 5) is 27.5. The van der Waals surface area contributed by atoms with Gasteiger partial charge in [-0.15, -0.1) is 5.10 Å². The second-order valence-electron chi connectivity index (χ2n) is 4.80. The molecule has 2 heterocycles. The van der Waals surface area contributed by atoms with E-state index >= 15 is 0 Å². The zero-order valence-electron chi connectivity index (χ0n) is 12.1. The monoisotopic (exact) mass is 318 g/mol. The van der Waals surface area contributed by atoms with Gasteiger partial charge in [0.15, 0.2) is 0 Å². The van der Waals surface area contributed by atoms with Crippen molar-refractivity contribution in [3.05, 3.63) is 35.9 Å². The molecule has 1 aliphatic heterocycles. The van der Waals surface area contributed by atoms with Crippen molar-refractivity contribution in [1.82, 2.24) is 15.1 Å². The number of hydrogen-bond acceptors (Lipinski definition) is 6. The van der Waals surface area contributed by atoms with Crippen molar-refractivity contribution in [3.8, 4) is 5.19 Å². The molecule has 1 aromatic carbocycles. The third-order valence-corrected chi connectivity index (χ3v) is 4.31. The predicted octanol–water partition coefficient (Wildman–Crippen LogP) is 1.90. The first-order valence-electron chi connectivity index (χ1n) is 6.68. The molecule has 0 radical (unpaired) electrons. The van der Waals surface area contributed by atoms with Crippen molar-refractivity contribution in [2.45, 2.75) is 19.5 Å². The number of anilines is 1. The van der Waals surface area contributed by atoms with Crippen LogP contribution < -0.4 is 9.64 Å². The normalized spacial score (nSPS) is 18.2. The fourth-order valence-corrected chi connectivity index (χ4v) is 2.91. The standard InChI is InChI=1S/C14H14N4O3S/c1-9-11(19)18(12-15-16-13(21-2)22-12)14(20)17(9)8-10-6-4-3-5-7-10/h3-7,9H,8H2,1-2H3/t9-/m1/s1. The van der Waals surface area contributed by atoms with Gasteiger partial charge in [-0.2, -0.15) is 0 Å².